The van der Waals surface area contributed by atoms with Crippen LogP contribution in [0.25, 0.3) is 0 Å². The normalized spacial score (nSPS) is 20.9. The molecule has 3 N–H and O–H groups in total. The summed E-state index contributed by atoms with van der Waals surface area (Å²) in [5.41, 5.74) is 5.12. The SMILES string of the molecule is CCN(C1(CN)CCCCCC1)S(=O)(=O)NC(C)(C)C. The first-order valence-electron chi connectivity index (χ1n) is 7.69. The first-order valence-corrected chi connectivity index (χ1v) is 9.13. The molecule has 0 heterocycles. The van der Waals surface area contributed by atoms with E-state index in [1.807, 2.05) is 27.7 Å². The molecule has 1 saturated carbocycles. The Kier molecular flexibility index (Phi) is 6.01. The minimum atomic E-state index is -3.51. The molecule has 0 aliphatic heterocycles. The Morgan fingerprint density at radius 1 is 1.15 bits per heavy atom. The van der Waals surface area contributed by atoms with E-state index < -0.39 is 21.3 Å². The van der Waals surface area contributed by atoms with Gasteiger partial charge in [-0.2, -0.15) is 17.4 Å². The van der Waals surface area contributed by atoms with Gasteiger partial charge in [0.05, 0.1) is 0 Å². The number of rotatable bonds is 5. The fourth-order valence-corrected chi connectivity index (χ4v) is 5.14. The van der Waals surface area contributed by atoms with Gasteiger partial charge in [-0.15, -0.1) is 0 Å². The fraction of sp³-hybridized carbons (Fsp3) is 1.00. The van der Waals surface area contributed by atoms with Crippen LogP contribution in [0.15, 0.2) is 0 Å². The zero-order chi connectivity index (χ0) is 15.4. The van der Waals surface area contributed by atoms with Gasteiger partial charge in [-0.05, 0) is 33.6 Å². The molecule has 0 amide bonds. The molecule has 0 bridgehead atoms. The summed E-state index contributed by atoms with van der Waals surface area (Å²) < 4.78 is 29.8. The Labute approximate surface area is 124 Å². The summed E-state index contributed by atoms with van der Waals surface area (Å²) >= 11 is 0. The molecule has 1 fully saturated rings. The lowest BCUT2D eigenvalue weighted by atomic mass is 9.90. The fourth-order valence-electron chi connectivity index (χ4n) is 3.14. The topological polar surface area (TPSA) is 75.4 Å². The highest BCUT2D eigenvalue weighted by atomic mass is 32.2. The quantitative estimate of drug-likeness (QED) is 0.763. The van der Waals surface area contributed by atoms with Crippen molar-refractivity contribution in [2.75, 3.05) is 13.1 Å². The highest BCUT2D eigenvalue weighted by Crippen LogP contribution is 2.33. The van der Waals surface area contributed by atoms with E-state index in [2.05, 4.69) is 4.72 Å². The number of hydrogen-bond acceptors (Lipinski definition) is 3. The maximum atomic E-state index is 12.7. The van der Waals surface area contributed by atoms with Crippen molar-refractivity contribution in [3.8, 4) is 0 Å². The summed E-state index contributed by atoms with van der Waals surface area (Å²) in [4.78, 5) is 0. The number of nitrogens with one attached hydrogen (secondary N) is 1. The summed E-state index contributed by atoms with van der Waals surface area (Å²) in [6, 6.07) is 0. The van der Waals surface area contributed by atoms with Crippen LogP contribution in [0.2, 0.25) is 0 Å². The van der Waals surface area contributed by atoms with Gasteiger partial charge < -0.3 is 5.73 Å². The number of likely N-dealkylation sites (N-methyl/N-ethyl adjacent to an activating group) is 1. The van der Waals surface area contributed by atoms with Crippen molar-refractivity contribution in [2.45, 2.75) is 77.3 Å². The zero-order valence-corrected chi connectivity index (χ0v) is 14.2. The second-order valence-electron chi connectivity index (χ2n) is 6.86. The lowest BCUT2D eigenvalue weighted by Gasteiger charge is -2.42. The third kappa shape index (κ3) is 4.41. The lowest BCUT2D eigenvalue weighted by molar-refractivity contribution is 0.170. The Morgan fingerprint density at radius 2 is 1.65 bits per heavy atom. The van der Waals surface area contributed by atoms with E-state index >= 15 is 0 Å². The van der Waals surface area contributed by atoms with Crippen LogP contribution in [0.5, 0.6) is 0 Å². The first-order chi connectivity index (χ1) is 9.17. The summed E-state index contributed by atoms with van der Waals surface area (Å²) in [6.45, 7) is 8.33. The maximum Gasteiger partial charge on any atom is 0.280 e. The summed E-state index contributed by atoms with van der Waals surface area (Å²) in [5.74, 6) is 0. The predicted molar refractivity (Wildman–Crippen MR) is 83.7 cm³/mol. The molecule has 0 saturated heterocycles. The number of nitrogens with two attached hydrogens (primary N) is 1. The summed E-state index contributed by atoms with van der Waals surface area (Å²) in [7, 11) is -3.51. The second kappa shape index (κ2) is 6.73. The molecule has 1 aliphatic carbocycles. The Hall–Kier alpha value is -0.170. The van der Waals surface area contributed by atoms with Crippen LogP contribution in [-0.2, 0) is 10.2 Å². The van der Waals surface area contributed by atoms with Crippen LogP contribution in [0.4, 0.5) is 0 Å². The van der Waals surface area contributed by atoms with Crippen LogP contribution in [-0.4, -0.2) is 36.9 Å². The van der Waals surface area contributed by atoms with Crippen molar-refractivity contribution in [3.05, 3.63) is 0 Å². The van der Waals surface area contributed by atoms with E-state index in [9.17, 15) is 8.42 Å². The molecule has 0 spiro atoms. The van der Waals surface area contributed by atoms with Gasteiger partial charge in [0.1, 0.15) is 0 Å². The van der Waals surface area contributed by atoms with Crippen LogP contribution in [0.3, 0.4) is 0 Å². The molecule has 0 aromatic carbocycles. The molecule has 6 heteroatoms. The standard InChI is InChI=1S/C14H31N3O2S/c1-5-17(20(18,19)16-13(2,3)4)14(12-15)10-8-6-7-9-11-14/h16H,5-12,15H2,1-4H3. The van der Waals surface area contributed by atoms with E-state index in [1.54, 1.807) is 4.31 Å². The minimum Gasteiger partial charge on any atom is -0.329 e. The molecule has 0 unspecified atom stereocenters. The van der Waals surface area contributed by atoms with Crippen molar-refractivity contribution in [1.29, 1.82) is 0 Å². The average Bonchev–Trinajstić information content (AvgIpc) is 2.52. The highest BCUT2D eigenvalue weighted by molar-refractivity contribution is 7.87. The predicted octanol–water partition coefficient (Wildman–Crippen LogP) is 1.99. The Morgan fingerprint density at radius 3 is 2.00 bits per heavy atom. The van der Waals surface area contributed by atoms with Crippen molar-refractivity contribution in [1.82, 2.24) is 9.03 Å². The zero-order valence-electron chi connectivity index (χ0n) is 13.4. The van der Waals surface area contributed by atoms with Crippen molar-refractivity contribution < 1.29 is 8.42 Å². The smallest absolute Gasteiger partial charge is 0.280 e. The molecule has 120 valence electrons. The van der Waals surface area contributed by atoms with E-state index in [4.69, 9.17) is 5.73 Å². The summed E-state index contributed by atoms with van der Waals surface area (Å²) in [5, 5.41) is 0. The first kappa shape index (κ1) is 17.9. The molecular weight excluding hydrogens is 274 g/mol. The maximum absolute atomic E-state index is 12.7. The van der Waals surface area contributed by atoms with Gasteiger partial charge in [-0.25, -0.2) is 0 Å². The molecule has 5 nitrogen and oxygen atoms in total. The molecule has 1 rings (SSSR count). The Bertz CT molecular complexity index is 393. The molecule has 0 aromatic heterocycles. The van der Waals surface area contributed by atoms with Gasteiger partial charge in [-0.1, -0.05) is 32.6 Å². The van der Waals surface area contributed by atoms with Crippen LogP contribution in [0, 0.1) is 0 Å². The van der Waals surface area contributed by atoms with Gasteiger partial charge in [-0.3, -0.25) is 0 Å². The second-order valence-corrected chi connectivity index (χ2v) is 8.46. The molecule has 0 atom stereocenters. The van der Waals surface area contributed by atoms with Crippen LogP contribution >= 0.6 is 0 Å². The number of nitrogens with zero attached hydrogens (tertiary/aromatic N) is 1. The van der Waals surface area contributed by atoms with Gasteiger partial charge in [0.25, 0.3) is 10.2 Å². The average molecular weight is 305 g/mol. The molecule has 20 heavy (non-hydrogen) atoms. The molecular formula is C14H31N3O2S. The summed E-state index contributed by atoms with van der Waals surface area (Å²) in [6.07, 6.45) is 6.18. The van der Waals surface area contributed by atoms with E-state index in [0.29, 0.717) is 13.1 Å². The van der Waals surface area contributed by atoms with Gasteiger partial charge in [0, 0.05) is 24.2 Å². The van der Waals surface area contributed by atoms with Gasteiger partial charge in [0.2, 0.25) is 0 Å². The molecule has 0 radical (unpaired) electrons. The van der Waals surface area contributed by atoms with Crippen molar-refractivity contribution in [3.63, 3.8) is 0 Å². The van der Waals surface area contributed by atoms with Gasteiger partial charge >= 0.3 is 0 Å². The highest BCUT2D eigenvalue weighted by Gasteiger charge is 2.42. The number of hydrogen-bond donors (Lipinski definition) is 2. The minimum absolute atomic E-state index is 0.395. The van der Waals surface area contributed by atoms with E-state index in [-0.39, 0.29) is 0 Å². The lowest BCUT2D eigenvalue weighted by Crippen LogP contribution is -2.60. The Balaban J connectivity index is 3.07. The van der Waals surface area contributed by atoms with Crippen molar-refractivity contribution in [2.24, 2.45) is 5.73 Å². The van der Waals surface area contributed by atoms with Crippen LogP contribution < -0.4 is 10.5 Å². The third-order valence-electron chi connectivity index (χ3n) is 3.96. The van der Waals surface area contributed by atoms with Crippen molar-refractivity contribution >= 4 is 10.2 Å². The third-order valence-corrected chi connectivity index (χ3v) is 6.05. The van der Waals surface area contributed by atoms with E-state index in [0.717, 1.165) is 25.7 Å². The van der Waals surface area contributed by atoms with E-state index in [1.165, 1.54) is 12.8 Å². The monoisotopic (exact) mass is 305 g/mol. The molecule has 1 aliphatic rings. The largest absolute Gasteiger partial charge is 0.329 e. The van der Waals surface area contributed by atoms with Gasteiger partial charge in [0.15, 0.2) is 0 Å². The van der Waals surface area contributed by atoms with Crippen LogP contribution in [0.1, 0.15) is 66.2 Å². The molecule has 0 aromatic rings.